The predicted molar refractivity (Wildman–Crippen MR) is 70.4 cm³/mol. The molecule has 0 bridgehead atoms. The van der Waals surface area contributed by atoms with E-state index in [1.54, 1.807) is 11.8 Å². The molecule has 0 aromatic carbocycles. The van der Waals surface area contributed by atoms with Gasteiger partial charge < -0.3 is 5.73 Å². The van der Waals surface area contributed by atoms with Gasteiger partial charge >= 0.3 is 0 Å². The van der Waals surface area contributed by atoms with Crippen LogP contribution in [-0.2, 0) is 9.84 Å². The monoisotopic (exact) mass is 266 g/mol. The number of sulfone groups is 1. The molecule has 1 saturated heterocycles. The van der Waals surface area contributed by atoms with Crippen LogP contribution in [0.5, 0.6) is 0 Å². The van der Waals surface area contributed by atoms with E-state index in [0.29, 0.717) is 18.2 Å². The average molecular weight is 266 g/mol. The quantitative estimate of drug-likeness (QED) is 0.780. The van der Waals surface area contributed by atoms with Gasteiger partial charge in [0.15, 0.2) is 9.84 Å². The molecule has 6 heteroatoms. The summed E-state index contributed by atoms with van der Waals surface area (Å²) in [5.41, 5.74) is 5.67. The second kappa shape index (κ2) is 6.23. The summed E-state index contributed by atoms with van der Waals surface area (Å²) in [6, 6.07) is 0. The lowest BCUT2D eigenvalue weighted by Crippen LogP contribution is -2.49. The van der Waals surface area contributed by atoms with Gasteiger partial charge in [0, 0.05) is 30.9 Å². The van der Waals surface area contributed by atoms with E-state index >= 15 is 0 Å². The Morgan fingerprint density at radius 2 is 2.25 bits per heavy atom. The van der Waals surface area contributed by atoms with Crippen LogP contribution >= 0.6 is 11.8 Å². The summed E-state index contributed by atoms with van der Waals surface area (Å²) in [6.45, 7) is 4.41. The topological polar surface area (TPSA) is 63.4 Å². The molecule has 0 aliphatic carbocycles. The lowest BCUT2D eigenvalue weighted by Gasteiger charge is -2.35. The molecule has 0 aromatic heterocycles. The molecule has 2 N–H and O–H groups in total. The van der Waals surface area contributed by atoms with Crippen LogP contribution in [-0.4, -0.2) is 56.1 Å². The van der Waals surface area contributed by atoms with Crippen LogP contribution in [0, 0.1) is 5.92 Å². The van der Waals surface area contributed by atoms with E-state index in [1.165, 1.54) is 6.26 Å². The zero-order valence-electron chi connectivity index (χ0n) is 10.1. The van der Waals surface area contributed by atoms with E-state index in [9.17, 15) is 8.42 Å². The lowest BCUT2D eigenvalue weighted by atomic mass is 10.1. The summed E-state index contributed by atoms with van der Waals surface area (Å²) in [7, 11) is -2.97. The van der Waals surface area contributed by atoms with Gasteiger partial charge in [-0.3, -0.25) is 4.90 Å². The summed E-state index contributed by atoms with van der Waals surface area (Å²) in [6.07, 6.45) is 2.34. The second-order valence-corrected chi connectivity index (χ2v) is 7.72. The van der Waals surface area contributed by atoms with E-state index in [1.807, 2.05) is 0 Å². The number of nitrogens with zero attached hydrogens (tertiary/aromatic N) is 1. The van der Waals surface area contributed by atoms with E-state index < -0.39 is 9.84 Å². The number of rotatable bonds is 5. The van der Waals surface area contributed by atoms with Gasteiger partial charge in [0.2, 0.25) is 0 Å². The molecule has 16 heavy (non-hydrogen) atoms. The SMILES string of the molecule is CCC(CN)CN1CCSCC1S(C)(=O)=O. The van der Waals surface area contributed by atoms with Gasteiger partial charge in [-0.15, -0.1) is 0 Å². The highest BCUT2D eigenvalue weighted by atomic mass is 32.2. The summed E-state index contributed by atoms with van der Waals surface area (Å²) < 4.78 is 23.3. The van der Waals surface area contributed by atoms with Crippen molar-refractivity contribution in [2.75, 3.05) is 37.4 Å². The highest BCUT2D eigenvalue weighted by molar-refractivity contribution is 8.00. The lowest BCUT2D eigenvalue weighted by molar-refractivity contribution is 0.226. The fraction of sp³-hybridized carbons (Fsp3) is 1.00. The summed E-state index contributed by atoms with van der Waals surface area (Å²) in [5, 5.41) is -0.313. The Hall–Kier alpha value is 0.220. The van der Waals surface area contributed by atoms with Crippen LogP contribution in [0.1, 0.15) is 13.3 Å². The van der Waals surface area contributed by atoms with Crippen molar-refractivity contribution in [3.63, 3.8) is 0 Å². The van der Waals surface area contributed by atoms with Gasteiger partial charge in [0.25, 0.3) is 0 Å². The molecule has 4 nitrogen and oxygen atoms in total. The third kappa shape index (κ3) is 3.91. The molecule has 1 aliphatic rings. The molecular formula is C10H22N2O2S2. The maximum absolute atomic E-state index is 11.7. The summed E-state index contributed by atoms with van der Waals surface area (Å²) >= 11 is 1.72. The number of nitrogens with two attached hydrogens (primary N) is 1. The molecule has 0 radical (unpaired) electrons. The Morgan fingerprint density at radius 1 is 1.56 bits per heavy atom. The zero-order chi connectivity index (χ0) is 12.2. The van der Waals surface area contributed by atoms with Crippen LogP contribution in [0.3, 0.4) is 0 Å². The number of thioether (sulfide) groups is 1. The molecule has 96 valence electrons. The summed E-state index contributed by atoms with van der Waals surface area (Å²) in [4.78, 5) is 2.09. The highest BCUT2D eigenvalue weighted by Crippen LogP contribution is 2.21. The molecule has 1 fully saturated rings. The van der Waals surface area contributed by atoms with Gasteiger partial charge in [-0.2, -0.15) is 11.8 Å². The zero-order valence-corrected chi connectivity index (χ0v) is 11.7. The Balaban J connectivity index is 2.67. The first-order chi connectivity index (χ1) is 7.49. The summed E-state index contributed by atoms with van der Waals surface area (Å²) in [5.74, 6) is 2.12. The Labute approximate surface area is 103 Å². The van der Waals surface area contributed by atoms with Crippen molar-refractivity contribution in [2.45, 2.75) is 18.7 Å². The maximum atomic E-state index is 11.7. The molecule has 2 atom stereocenters. The van der Waals surface area contributed by atoms with Crippen molar-refractivity contribution < 1.29 is 8.42 Å². The average Bonchev–Trinajstić information content (AvgIpc) is 2.25. The highest BCUT2D eigenvalue weighted by Gasteiger charge is 2.31. The normalized spacial score (nSPS) is 25.6. The minimum absolute atomic E-state index is 0.313. The molecular weight excluding hydrogens is 244 g/mol. The van der Waals surface area contributed by atoms with E-state index in [2.05, 4.69) is 11.8 Å². The minimum Gasteiger partial charge on any atom is -0.330 e. The predicted octanol–water partition coefficient (Wildman–Crippen LogP) is 0.391. The standard InChI is InChI=1S/C10H22N2O2S2/c1-3-9(6-11)7-12-4-5-15-8-10(12)16(2,13)14/h9-10H,3-8,11H2,1-2H3. The van der Waals surface area contributed by atoms with E-state index in [0.717, 1.165) is 25.3 Å². The van der Waals surface area contributed by atoms with Gasteiger partial charge in [0.1, 0.15) is 5.37 Å². The molecule has 0 aromatic rings. The second-order valence-electron chi connectivity index (χ2n) is 4.36. The van der Waals surface area contributed by atoms with Crippen LogP contribution in [0.25, 0.3) is 0 Å². The van der Waals surface area contributed by atoms with Crippen molar-refractivity contribution in [3.05, 3.63) is 0 Å². The van der Waals surface area contributed by atoms with Gasteiger partial charge in [-0.25, -0.2) is 8.42 Å². The Bertz CT molecular complexity index is 302. The molecule has 2 unspecified atom stereocenters. The fourth-order valence-electron chi connectivity index (χ4n) is 1.92. The van der Waals surface area contributed by atoms with Crippen molar-refractivity contribution in [1.82, 2.24) is 4.90 Å². The van der Waals surface area contributed by atoms with Crippen LogP contribution < -0.4 is 5.73 Å². The maximum Gasteiger partial charge on any atom is 0.164 e. The van der Waals surface area contributed by atoms with Crippen LogP contribution in [0.4, 0.5) is 0 Å². The molecule has 0 amide bonds. The van der Waals surface area contributed by atoms with Crippen LogP contribution in [0.15, 0.2) is 0 Å². The fourth-order valence-corrected chi connectivity index (χ4v) is 4.87. The smallest absolute Gasteiger partial charge is 0.164 e. The molecule has 1 heterocycles. The van der Waals surface area contributed by atoms with Gasteiger partial charge in [0.05, 0.1) is 0 Å². The van der Waals surface area contributed by atoms with Crippen LogP contribution in [0.2, 0.25) is 0 Å². The van der Waals surface area contributed by atoms with E-state index in [4.69, 9.17) is 5.73 Å². The largest absolute Gasteiger partial charge is 0.330 e. The Kier molecular flexibility index (Phi) is 5.56. The van der Waals surface area contributed by atoms with Gasteiger partial charge in [-0.1, -0.05) is 13.3 Å². The Morgan fingerprint density at radius 3 is 2.75 bits per heavy atom. The third-order valence-electron chi connectivity index (χ3n) is 3.09. The number of hydrogen-bond donors (Lipinski definition) is 1. The first-order valence-electron chi connectivity index (χ1n) is 5.69. The molecule has 1 aliphatic heterocycles. The first kappa shape index (κ1) is 14.3. The number of hydrogen-bond acceptors (Lipinski definition) is 5. The third-order valence-corrected chi connectivity index (χ3v) is 5.78. The van der Waals surface area contributed by atoms with Crippen molar-refractivity contribution in [2.24, 2.45) is 11.7 Å². The van der Waals surface area contributed by atoms with Crippen molar-refractivity contribution in [3.8, 4) is 0 Å². The molecule has 0 spiro atoms. The first-order valence-corrected chi connectivity index (χ1v) is 8.80. The van der Waals surface area contributed by atoms with Crippen molar-refractivity contribution >= 4 is 21.6 Å². The molecule has 0 saturated carbocycles. The minimum atomic E-state index is -2.97. The van der Waals surface area contributed by atoms with E-state index in [-0.39, 0.29) is 5.37 Å². The van der Waals surface area contributed by atoms with Gasteiger partial charge in [-0.05, 0) is 12.5 Å². The van der Waals surface area contributed by atoms with Crippen molar-refractivity contribution in [1.29, 1.82) is 0 Å². The molecule has 1 rings (SSSR count).